The van der Waals surface area contributed by atoms with Gasteiger partial charge in [-0.25, -0.2) is 27.7 Å². The molecule has 0 unspecified atom stereocenters. The van der Waals surface area contributed by atoms with Gasteiger partial charge in [-0.15, -0.1) is 11.3 Å². The number of halogens is 6. The van der Waals surface area contributed by atoms with Gasteiger partial charge in [0.15, 0.2) is 5.65 Å². The summed E-state index contributed by atoms with van der Waals surface area (Å²) in [4.78, 5) is 33.6. The van der Waals surface area contributed by atoms with Crippen LogP contribution in [0.5, 0.6) is 0 Å². The Morgan fingerprint density at radius 1 is 0.955 bits per heavy atom. The summed E-state index contributed by atoms with van der Waals surface area (Å²) in [5, 5.41) is 6.42. The number of alkyl halides is 5. The van der Waals surface area contributed by atoms with E-state index in [0.29, 0.717) is 16.9 Å². The Hall–Kier alpha value is -5.31. The van der Waals surface area contributed by atoms with Crippen molar-refractivity contribution in [3.63, 3.8) is 0 Å². The molecule has 0 radical (unpaired) electrons. The third-order valence-electron chi connectivity index (χ3n) is 6.61. The van der Waals surface area contributed by atoms with Crippen LogP contribution in [0.25, 0.3) is 38.2 Å². The minimum Gasteiger partial charge on any atom is -0.365 e. The van der Waals surface area contributed by atoms with E-state index in [9.17, 15) is 35.9 Å². The number of amides is 2. The molecule has 0 atom stereocenters. The van der Waals surface area contributed by atoms with Gasteiger partial charge in [-0.2, -0.15) is 18.3 Å². The number of primary amides is 1. The lowest BCUT2D eigenvalue weighted by molar-refractivity contribution is -0.140. The highest BCUT2D eigenvalue weighted by Crippen LogP contribution is 2.44. The molecule has 0 saturated carbocycles. The molecule has 2 amide bonds. The molecule has 0 aliphatic heterocycles. The first-order valence-corrected chi connectivity index (χ1v) is 13.4. The number of benzene rings is 2. The number of hydrogen-bond donors (Lipinski definition) is 2. The van der Waals surface area contributed by atoms with Crippen molar-refractivity contribution in [2.45, 2.75) is 12.6 Å². The van der Waals surface area contributed by atoms with Crippen molar-refractivity contribution in [1.82, 2.24) is 19.6 Å². The van der Waals surface area contributed by atoms with Crippen LogP contribution < -0.4 is 11.1 Å². The molecule has 15 heteroatoms. The number of pyridine rings is 1. The van der Waals surface area contributed by atoms with E-state index in [0.717, 1.165) is 35.0 Å². The summed E-state index contributed by atoms with van der Waals surface area (Å²) in [5.74, 6) is -2.58. The minimum absolute atomic E-state index is 0.00333. The Bertz CT molecular complexity index is 2070. The first kappa shape index (κ1) is 28.8. The zero-order chi connectivity index (χ0) is 31.3. The second-order valence-electron chi connectivity index (χ2n) is 9.39. The van der Waals surface area contributed by atoms with E-state index >= 15 is 0 Å². The maximum Gasteiger partial charge on any atom is 0.433 e. The molecule has 2 aromatic carbocycles. The Kier molecular flexibility index (Phi) is 7.04. The minimum atomic E-state index is -4.83. The molecule has 44 heavy (non-hydrogen) atoms. The molecule has 3 N–H and O–H groups in total. The van der Waals surface area contributed by atoms with Gasteiger partial charge in [-0.05, 0) is 47.5 Å². The molecular formula is C29H16F6N6O2S. The fraction of sp³-hybridized carbons (Fsp3) is 0.0690. The average Bonchev–Trinajstić information content (AvgIpc) is 3.58. The first-order valence-electron chi connectivity index (χ1n) is 12.6. The molecule has 0 fully saturated rings. The summed E-state index contributed by atoms with van der Waals surface area (Å²) < 4.78 is 83.6. The molecule has 0 saturated heterocycles. The van der Waals surface area contributed by atoms with Crippen molar-refractivity contribution in [2.75, 3.05) is 5.32 Å². The van der Waals surface area contributed by atoms with Gasteiger partial charge in [0.2, 0.25) is 0 Å². The fourth-order valence-corrected chi connectivity index (χ4v) is 5.64. The van der Waals surface area contributed by atoms with Crippen LogP contribution in [-0.2, 0) is 6.18 Å². The van der Waals surface area contributed by atoms with Crippen LogP contribution >= 0.6 is 11.3 Å². The van der Waals surface area contributed by atoms with Gasteiger partial charge in [0.1, 0.15) is 32.5 Å². The lowest BCUT2D eigenvalue weighted by Crippen LogP contribution is -2.17. The molecular weight excluding hydrogens is 610 g/mol. The van der Waals surface area contributed by atoms with Crippen LogP contribution in [0.2, 0.25) is 0 Å². The molecule has 8 nitrogen and oxygen atoms in total. The SMILES string of the molecule is NC(=O)c1sc2nc(C(F)(F)F)cc(-c3ccccc3)c2c1NC(=O)c1cnn2c(C(F)F)cc(-c3ccc(F)cc3)nc12. The number of fused-ring (bicyclic) bond motifs is 2. The van der Waals surface area contributed by atoms with Gasteiger partial charge in [0, 0.05) is 10.9 Å². The lowest BCUT2D eigenvalue weighted by Gasteiger charge is -2.12. The number of nitrogens with two attached hydrogens (primary N) is 1. The largest absolute Gasteiger partial charge is 0.433 e. The molecule has 6 aromatic rings. The maximum absolute atomic E-state index is 14.0. The summed E-state index contributed by atoms with van der Waals surface area (Å²) in [6.45, 7) is 0. The number of anilines is 1. The summed E-state index contributed by atoms with van der Waals surface area (Å²) in [5.41, 5.74) is 3.54. The van der Waals surface area contributed by atoms with E-state index in [-0.39, 0.29) is 48.8 Å². The van der Waals surface area contributed by atoms with Crippen molar-refractivity contribution >= 4 is 44.7 Å². The van der Waals surface area contributed by atoms with Crippen LogP contribution in [0.15, 0.2) is 72.9 Å². The number of thiophene rings is 1. The van der Waals surface area contributed by atoms with Gasteiger partial charge in [-0.1, -0.05) is 30.3 Å². The Labute approximate surface area is 246 Å². The predicted octanol–water partition coefficient (Wildman–Crippen LogP) is 7.12. The van der Waals surface area contributed by atoms with E-state index in [4.69, 9.17) is 5.73 Å². The second kappa shape index (κ2) is 10.8. The lowest BCUT2D eigenvalue weighted by atomic mass is 10.0. The molecule has 4 heterocycles. The van der Waals surface area contributed by atoms with Crippen molar-refractivity contribution in [3.05, 3.63) is 101 Å². The quantitative estimate of drug-likeness (QED) is 0.191. The van der Waals surface area contributed by atoms with Gasteiger partial charge in [-0.3, -0.25) is 9.59 Å². The van der Waals surface area contributed by atoms with Crippen molar-refractivity contribution in [1.29, 1.82) is 0 Å². The standard InChI is InChI=1S/C29H16F6N6O2S/c30-15-8-6-14(7-9-15)18-11-19(24(31)32)41-26(38-18)17(12-37-41)27(43)40-22-21-16(13-4-2-1-3-5-13)10-20(29(33,34)35)39-28(21)44-23(22)25(36)42/h1-12,24H,(H2,36,42)(H,40,43). The third kappa shape index (κ3) is 5.10. The Morgan fingerprint density at radius 2 is 1.66 bits per heavy atom. The third-order valence-corrected chi connectivity index (χ3v) is 7.71. The van der Waals surface area contributed by atoms with Crippen molar-refractivity contribution in [3.8, 4) is 22.4 Å². The number of hydrogen-bond acceptors (Lipinski definition) is 6. The highest BCUT2D eigenvalue weighted by molar-refractivity contribution is 7.21. The number of carbonyl (C=O) groups is 2. The van der Waals surface area contributed by atoms with Gasteiger partial charge in [0.05, 0.1) is 17.6 Å². The predicted molar refractivity (Wildman–Crippen MR) is 150 cm³/mol. The number of carbonyl (C=O) groups excluding carboxylic acids is 2. The molecule has 0 bridgehead atoms. The van der Waals surface area contributed by atoms with Crippen LogP contribution in [0, 0.1) is 5.82 Å². The van der Waals surface area contributed by atoms with Crippen LogP contribution in [0.1, 0.15) is 37.8 Å². The smallest absolute Gasteiger partial charge is 0.365 e. The summed E-state index contributed by atoms with van der Waals surface area (Å²) in [7, 11) is 0. The van der Waals surface area contributed by atoms with Crippen LogP contribution in [0.4, 0.5) is 32.0 Å². The molecule has 0 spiro atoms. The van der Waals surface area contributed by atoms with Crippen LogP contribution in [-0.4, -0.2) is 31.4 Å². The van der Waals surface area contributed by atoms with Gasteiger partial charge in [0.25, 0.3) is 18.2 Å². The molecule has 0 aliphatic carbocycles. The molecule has 222 valence electrons. The number of nitrogens with one attached hydrogen (secondary N) is 1. The van der Waals surface area contributed by atoms with Crippen LogP contribution in [0.3, 0.4) is 0 Å². The van der Waals surface area contributed by atoms with E-state index in [1.807, 2.05) is 0 Å². The topological polar surface area (TPSA) is 115 Å². The van der Waals surface area contributed by atoms with E-state index in [1.165, 1.54) is 12.1 Å². The summed E-state index contributed by atoms with van der Waals surface area (Å²) in [6, 6.07) is 14.7. The number of nitrogens with zero attached hydrogens (tertiary/aromatic N) is 4. The summed E-state index contributed by atoms with van der Waals surface area (Å²) in [6.07, 6.45) is -6.89. The van der Waals surface area contributed by atoms with E-state index in [2.05, 4.69) is 20.4 Å². The highest BCUT2D eigenvalue weighted by atomic mass is 32.1. The normalized spacial score (nSPS) is 11.9. The van der Waals surface area contributed by atoms with Crippen molar-refractivity contribution in [2.24, 2.45) is 5.73 Å². The van der Waals surface area contributed by atoms with E-state index < -0.39 is 41.6 Å². The number of rotatable bonds is 6. The zero-order valence-corrected chi connectivity index (χ0v) is 22.7. The van der Waals surface area contributed by atoms with Gasteiger partial charge < -0.3 is 11.1 Å². The highest BCUT2D eigenvalue weighted by Gasteiger charge is 2.35. The van der Waals surface area contributed by atoms with Gasteiger partial charge >= 0.3 is 6.18 Å². The first-order chi connectivity index (χ1) is 20.9. The van der Waals surface area contributed by atoms with E-state index in [1.54, 1.807) is 30.3 Å². The Morgan fingerprint density at radius 3 is 2.30 bits per heavy atom. The average molecular weight is 627 g/mol. The maximum atomic E-state index is 14.0. The molecule has 6 rings (SSSR count). The second-order valence-corrected chi connectivity index (χ2v) is 10.4. The monoisotopic (exact) mass is 626 g/mol. The Balaban J connectivity index is 1.53. The summed E-state index contributed by atoms with van der Waals surface area (Å²) >= 11 is 0.555. The molecule has 4 aromatic heterocycles. The molecule has 0 aliphatic rings. The fourth-order valence-electron chi connectivity index (χ4n) is 4.63. The number of aromatic nitrogens is 4. The zero-order valence-electron chi connectivity index (χ0n) is 21.9. The van der Waals surface area contributed by atoms with Crippen molar-refractivity contribution < 1.29 is 35.9 Å².